The molecule has 1 aromatic rings. The van der Waals surface area contributed by atoms with Gasteiger partial charge in [0.15, 0.2) is 0 Å². The van der Waals surface area contributed by atoms with Crippen LogP contribution < -0.4 is 5.32 Å². The van der Waals surface area contributed by atoms with Gasteiger partial charge in [-0.3, -0.25) is 0 Å². The topological polar surface area (TPSA) is 12.0 Å². The molecule has 1 unspecified atom stereocenters. The molecule has 1 aromatic carbocycles. The summed E-state index contributed by atoms with van der Waals surface area (Å²) in [5.74, 6) is 0. The molecule has 0 bridgehead atoms. The minimum absolute atomic E-state index is 0.387. The lowest BCUT2D eigenvalue weighted by Gasteiger charge is -2.19. The molecule has 120 valence electrons. The van der Waals surface area contributed by atoms with Crippen LogP contribution in [0, 0.1) is 6.92 Å². The summed E-state index contributed by atoms with van der Waals surface area (Å²) in [6.07, 6.45) is 12.1. The van der Waals surface area contributed by atoms with Crippen molar-refractivity contribution in [2.45, 2.75) is 77.7 Å². The second-order valence-electron chi connectivity index (χ2n) is 6.08. The molecule has 2 heteroatoms. The van der Waals surface area contributed by atoms with Crippen LogP contribution in [0.25, 0.3) is 0 Å². The van der Waals surface area contributed by atoms with Gasteiger partial charge < -0.3 is 5.32 Å². The van der Waals surface area contributed by atoms with Crippen LogP contribution in [0.15, 0.2) is 18.2 Å². The first-order valence-electron chi connectivity index (χ1n) is 8.63. The molecule has 0 aliphatic carbocycles. The molecule has 1 nitrogen and oxygen atoms in total. The molecule has 0 spiro atoms. The molecule has 0 radical (unpaired) electrons. The van der Waals surface area contributed by atoms with E-state index in [0.717, 1.165) is 5.02 Å². The average molecular weight is 310 g/mol. The molecule has 1 atom stereocenters. The van der Waals surface area contributed by atoms with Crippen LogP contribution in [0.2, 0.25) is 5.02 Å². The molecule has 0 saturated carbocycles. The number of halogens is 1. The summed E-state index contributed by atoms with van der Waals surface area (Å²) in [5, 5.41) is 4.35. The molecule has 0 fully saturated rings. The minimum Gasteiger partial charge on any atom is -0.313 e. The summed E-state index contributed by atoms with van der Waals surface area (Å²) in [6.45, 7) is 4.35. The lowest BCUT2D eigenvalue weighted by molar-refractivity contribution is 0.494. The zero-order valence-corrected chi connectivity index (χ0v) is 14.8. The van der Waals surface area contributed by atoms with Crippen molar-refractivity contribution in [3.05, 3.63) is 34.3 Å². The Balaban J connectivity index is 2.27. The molecule has 21 heavy (non-hydrogen) atoms. The smallest absolute Gasteiger partial charge is 0.0482 e. The van der Waals surface area contributed by atoms with E-state index in [2.05, 4.69) is 37.4 Å². The third kappa shape index (κ3) is 6.84. The number of hydrogen-bond acceptors (Lipinski definition) is 1. The first kappa shape index (κ1) is 18.5. The predicted octanol–water partition coefficient (Wildman–Crippen LogP) is 6.44. The minimum atomic E-state index is 0.387. The van der Waals surface area contributed by atoms with E-state index in [0.29, 0.717) is 6.04 Å². The molecule has 0 aromatic heterocycles. The molecule has 0 saturated heterocycles. The molecular weight excluding hydrogens is 278 g/mol. The summed E-state index contributed by atoms with van der Waals surface area (Å²) in [6, 6.07) is 6.72. The first-order valence-corrected chi connectivity index (χ1v) is 9.00. The van der Waals surface area contributed by atoms with Gasteiger partial charge in [-0.2, -0.15) is 0 Å². The highest BCUT2D eigenvalue weighted by atomic mass is 35.5. The Labute approximate surface area is 136 Å². The second kappa shape index (κ2) is 11.1. The van der Waals surface area contributed by atoms with E-state index >= 15 is 0 Å². The lowest BCUT2D eigenvalue weighted by Crippen LogP contribution is -2.17. The Morgan fingerprint density at radius 2 is 1.62 bits per heavy atom. The fourth-order valence-corrected chi connectivity index (χ4v) is 3.13. The highest BCUT2D eigenvalue weighted by molar-refractivity contribution is 6.32. The number of rotatable bonds is 11. The SMILES string of the molecule is CCCCCCCCCCC(NC)c1cccc(C)c1Cl. The highest BCUT2D eigenvalue weighted by Gasteiger charge is 2.13. The van der Waals surface area contributed by atoms with E-state index in [4.69, 9.17) is 11.6 Å². The van der Waals surface area contributed by atoms with Crippen molar-refractivity contribution in [2.75, 3.05) is 7.05 Å². The summed E-state index contributed by atoms with van der Waals surface area (Å²) < 4.78 is 0. The highest BCUT2D eigenvalue weighted by Crippen LogP contribution is 2.29. The number of aryl methyl sites for hydroxylation is 1. The number of benzene rings is 1. The van der Waals surface area contributed by atoms with Crippen molar-refractivity contribution in [1.29, 1.82) is 0 Å². The summed E-state index contributed by atoms with van der Waals surface area (Å²) in [7, 11) is 2.04. The van der Waals surface area contributed by atoms with Gasteiger partial charge in [0.2, 0.25) is 0 Å². The van der Waals surface area contributed by atoms with Gasteiger partial charge in [0.1, 0.15) is 0 Å². The molecule has 0 amide bonds. The molecule has 0 aliphatic rings. The molecular formula is C19H32ClN. The monoisotopic (exact) mass is 309 g/mol. The van der Waals surface area contributed by atoms with E-state index in [1.807, 2.05) is 7.05 Å². The van der Waals surface area contributed by atoms with Crippen LogP contribution in [0.3, 0.4) is 0 Å². The predicted molar refractivity (Wildman–Crippen MR) is 95.2 cm³/mol. The Hall–Kier alpha value is -0.530. The quantitative estimate of drug-likeness (QED) is 0.464. The van der Waals surface area contributed by atoms with Crippen molar-refractivity contribution in [3.8, 4) is 0 Å². The van der Waals surface area contributed by atoms with E-state index in [-0.39, 0.29) is 0 Å². The summed E-state index contributed by atoms with van der Waals surface area (Å²) >= 11 is 6.44. The number of nitrogens with one attached hydrogen (secondary N) is 1. The lowest BCUT2D eigenvalue weighted by atomic mass is 9.98. The van der Waals surface area contributed by atoms with Crippen LogP contribution in [0.5, 0.6) is 0 Å². The average Bonchev–Trinajstić information content (AvgIpc) is 2.49. The van der Waals surface area contributed by atoms with E-state index < -0.39 is 0 Å². The first-order chi connectivity index (χ1) is 10.2. The van der Waals surface area contributed by atoms with Gasteiger partial charge >= 0.3 is 0 Å². The van der Waals surface area contributed by atoms with Crippen LogP contribution in [0.4, 0.5) is 0 Å². The fraction of sp³-hybridized carbons (Fsp3) is 0.684. The van der Waals surface area contributed by atoms with Crippen molar-refractivity contribution < 1.29 is 0 Å². The Bertz CT molecular complexity index is 389. The molecule has 0 aliphatic heterocycles. The van der Waals surface area contributed by atoms with Crippen molar-refractivity contribution in [1.82, 2.24) is 5.32 Å². The van der Waals surface area contributed by atoms with Crippen LogP contribution in [-0.2, 0) is 0 Å². The molecule has 1 N–H and O–H groups in total. The Kier molecular flexibility index (Phi) is 9.78. The number of hydrogen-bond donors (Lipinski definition) is 1. The molecule has 1 rings (SSSR count). The Morgan fingerprint density at radius 1 is 1.00 bits per heavy atom. The van der Waals surface area contributed by atoms with Crippen LogP contribution in [-0.4, -0.2) is 7.05 Å². The van der Waals surface area contributed by atoms with Gasteiger partial charge in [-0.15, -0.1) is 0 Å². The van der Waals surface area contributed by atoms with Gasteiger partial charge in [0, 0.05) is 11.1 Å². The zero-order chi connectivity index (χ0) is 15.5. The van der Waals surface area contributed by atoms with Crippen molar-refractivity contribution in [3.63, 3.8) is 0 Å². The maximum atomic E-state index is 6.44. The van der Waals surface area contributed by atoms with Gasteiger partial charge in [-0.05, 0) is 31.5 Å². The third-order valence-electron chi connectivity index (χ3n) is 4.29. The van der Waals surface area contributed by atoms with Gasteiger partial charge in [-0.25, -0.2) is 0 Å². The van der Waals surface area contributed by atoms with Gasteiger partial charge in [-0.1, -0.05) is 88.1 Å². The van der Waals surface area contributed by atoms with Crippen LogP contribution >= 0.6 is 11.6 Å². The summed E-state index contributed by atoms with van der Waals surface area (Å²) in [4.78, 5) is 0. The molecule has 0 heterocycles. The Morgan fingerprint density at radius 3 is 2.24 bits per heavy atom. The van der Waals surface area contributed by atoms with E-state index in [9.17, 15) is 0 Å². The van der Waals surface area contributed by atoms with Gasteiger partial charge in [0.05, 0.1) is 0 Å². The number of unbranched alkanes of at least 4 members (excludes halogenated alkanes) is 7. The van der Waals surface area contributed by atoms with Crippen molar-refractivity contribution >= 4 is 11.6 Å². The van der Waals surface area contributed by atoms with Crippen molar-refractivity contribution in [2.24, 2.45) is 0 Å². The third-order valence-corrected chi connectivity index (χ3v) is 4.81. The standard InChI is InChI=1S/C19H32ClN/c1-4-5-6-7-8-9-10-11-15-18(21-3)17-14-12-13-16(2)19(17)20/h12-14,18,21H,4-11,15H2,1-3H3. The van der Waals surface area contributed by atoms with E-state index in [1.54, 1.807) is 0 Å². The zero-order valence-electron chi connectivity index (χ0n) is 14.1. The largest absolute Gasteiger partial charge is 0.313 e. The maximum absolute atomic E-state index is 6.44. The second-order valence-corrected chi connectivity index (χ2v) is 6.46. The van der Waals surface area contributed by atoms with Crippen LogP contribution in [0.1, 0.15) is 81.9 Å². The normalized spacial score (nSPS) is 12.6. The maximum Gasteiger partial charge on any atom is 0.0482 e. The van der Waals surface area contributed by atoms with Gasteiger partial charge in [0.25, 0.3) is 0 Å². The van der Waals surface area contributed by atoms with E-state index in [1.165, 1.54) is 68.9 Å². The fourth-order valence-electron chi connectivity index (χ4n) is 2.88. The summed E-state index contributed by atoms with van der Waals surface area (Å²) in [5.41, 5.74) is 2.42.